The third-order valence-corrected chi connectivity index (χ3v) is 4.62. The van der Waals surface area contributed by atoms with Crippen LogP contribution in [0, 0.1) is 11.7 Å². The lowest BCUT2D eigenvalue weighted by atomic mass is 9.91. The second-order valence-electron chi connectivity index (χ2n) is 6.03. The van der Waals surface area contributed by atoms with Crippen LogP contribution in [0.4, 0.5) is 4.39 Å². The summed E-state index contributed by atoms with van der Waals surface area (Å²) >= 11 is 0. The molecular weight excluding hydrogens is 257 g/mol. The first-order valence-corrected chi connectivity index (χ1v) is 7.32. The van der Waals surface area contributed by atoms with Crippen LogP contribution in [-0.2, 0) is 10.2 Å². The number of aliphatic hydroxyl groups excluding tert-OH is 1. The average Bonchev–Trinajstić information content (AvgIpc) is 3.29. The van der Waals surface area contributed by atoms with Crippen molar-refractivity contribution >= 4 is 5.91 Å². The molecule has 1 amide bonds. The smallest absolute Gasteiger partial charge is 0.233 e. The largest absolute Gasteiger partial charge is 0.396 e. The average molecular weight is 277 g/mol. The highest BCUT2D eigenvalue weighted by atomic mass is 19.1. The van der Waals surface area contributed by atoms with Crippen molar-refractivity contribution in [1.29, 1.82) is 0 Å². The van der Waals surface area contributed by atoms with Gasteiger partial charge in [-0.2, -0.15) is 0 Å². The standard InChI is InChI=1S/C16H20FNO2/c17-14-5-3-13(4-6-14)16(7-8-16)15(20)18-9-1-2-12(10-18)11-19/h3-6,12,19H,1-2,7-11H2. The number of hydrogen-bond acceptors (Lipinski definition) is 2. The minimum Gasteiger partial charge on any atom is -0.396 e. The molecule has 2 fully saturated rings. The van der Waals surface area contributed by atoms with Crippen LogP contribution in [0.2, 0.25) is 0 Å². The molecule has 3 rings (SSSR count). The summed E-state index contributed by atoms with van der Waals surface area (Å²) in [6, 6.07) is 6.31. The number of aliphatic hydroxyl groups is 1. The maximum absolute atomic E-state index is 13.0. The number of piperidine rings is 1. The zero-order chi connectivity index (χ0) is 14.2. The molecule has 1 saturated heterocycles. The number of hydrogen-bond donors (Lipinski definition) is 1. The van der Waals surface area contributed by atoms with E-state index in [0.29, 0.717) is 6.54 Å². The molecule has 1 unspecified atom stereocenters. The summed E-state index contributed by atoms with van der Waals surface area (Å²) in [5, 5.41) is 9.28. The van der Waals surface area contributed by atoms with Crippen molar-refractivity contribution in [3.8, 4) is 0 Å². The number of carbonyl (C=O) groups excluding carboxylic acids is 1. The van der Waals surface area contributed by atoms with Gasteiger partial charge in [-0.3, -0.25) is 4.79 Å². The molecule has 1 heterocycles. The minimum atomic E-state index is -0.426. The summed E-state index contributed by atoms with van der Waals surface area (Å²) in [5.41, 5.74) is 0.500. The molecule has 2 aliphatic rings. The van der Waals surface area contributed by atoms with Crippen molar-refractivity contribution in [3.63, 3.8) is 0 Å². The third kappa shape index (κ3) is 2.33. The molecule has 20 heavy (non-hydrogen) atoms. The fourth-order valence-electron chi connectivity index (χ4n) is 3.22. The lowest BCUT2D eigenvalue weighted by Gasteiger charge is -2.34. The van der Waals surface area contributed by atoms with Gasteiger partial charge in [-0.1, -0.05) is 12.1 Å². The van der Waals surface area contributed by atoms with E-state index in [4.69, 9.17) is 0 Å². The topological polar surface area (TPSA) is 40.5 Å². The van der Waals surface area contributed by atoms with E-state index in [1.54, 1.807) is 12.1 Å². The van der Waals surface area contributed by atoms with Gasteiger partial charge >= 0.3 is 0 Å². The Bertz CT molecular complexity index is 496. The van der Waals surface area contributed by atoms with E-state index in [9.17, 15) is 14.3 Å². The van der Waals surface area contributed by atoms with E-state index in [1.807, 2.05) is 4.90 Å². The molecule has 4 heteroatoms. The summed E-state index contributed by atoms with van der Waals surface area (Å²) in [7, 11) is 0. The number of likely N-dealkylation sites (tertiary alicyclic amines) is 1. The van der Waals surface area contributed by atoms with Crippen LogP contribution in [0.1, 0.15) is 31.2 Å². The Morgan fingerprint density at radius 3 is 2.65 bits per heavy atom. The first-order chi connectivity index (χ1) is 9.65. The van der Waals surface area contributed by atoms with Gasteiger partial charge in [0.15, 0.2) is 0 Å². The van der Waals surface area contributed by atoms with E-state index in [-0.39, 0.29) is 24.2 Å². The number of nitrogens with zero attached hydrogens (tertiary/aromatic N) is 1. The predicted molar refractivity (Wildman–Crippen MR) is 73.7 cm³/mol. The summed E-state index contributed by atoms with van der Waals surface area (Å²) < 4.78 is 13.0. The molecule has 1 aliphatic carbocycles. The van der Waals surface area contributed by atoms with E-state index in [1.165, 1.54) is 12.1 Å². The van der Waals surface area contributed by atoms with E-state index in [2.05, 4.69) is 0 Å². The molecule has 1 N–H and O–H groups in total. The Kier molecular flexibility index (Phi) is 3.50. The van der Waals surface area contributed by atoms with Crippen molar-refractivity contribution < 1.29 is 14.3 Å². The van der Waals surface area contributed by atoms with Crippen LogP contribution in [0.5, 0.6) is 0 Å². The second kappa shape index (κ2) is 5.17. The second-order valence-corrected chi connectivity index (χ2v) is 6.03. The van der Waals surface area contributed by atoms with Crippen molar-refractivity contribution in [1.82, 2.24) is 4.90 Å². The zero-order valence-electron chi connectivity index (χ0n) is 11.5. The third-order valence-electron chi connectivity index (χ3n) is 4.62. The highest BCUT2D eigenvalue weighted by Gasteiger charge is 2.53. The molecule has 1 aliphatic heterocycles. The number of carbonyl (C=O) groups is 1. The molecule has 0 spiro atoms. The fourth-order valence-corrected chi connectivity index (χ4v) is 3.22. The van der Waals surface area contributed by atoms with Crippen molar-refractivity contribution in [2.75, 3.05) is 19.7 Å². The van der Waals surface area contributed by atoms with Gasteiger partial charge in [-0.05, 0) is 49.3 Å². The van der Waals surface area contributed by atoms with E-state index >= 15 is 0 Å². The van der Waals surface area contributed by atoms with Gasteiger partial charge in [0.2, 0.25) is 5.91 Å². The zero-order valence-corrected chi connectivity index (χ0v) is 11.5. The molecule has 1 saturated carbocycles. The van der Waals surface area contributed by atoms with Gasteiger partial charge in [0.25, 0.3) is 0 Å². The lowest BCUT2D eigenvalue weighted by Crippen LogP contribution is -2.45. The predicted octanol–water partition coefficient (Wildman–Crippen LogP) is 2.09. The number of halogens is 1. The molecule has 3 nitrogen and oxygen atoms in total. The van der Waals surface area contributed by atoms with Crippen molar-refractivity contribution in [3.05, 3.63) is 35.6 Å². The molecule has 108 valence electrons. The van der Waals surface area contributed by atoms with Gasteiger partial charge in [0, 0.05) is 19.7 Å². The fraction of sp³-hybridized carbons (Fsp3) is 0.562. The van der Waals surface area contributed by atoms with Crippen LogP contribution in [0.15, 0.2) is 24.3 Å². The van der Waals surface area contributed by atoms with Gasteiger partial charge < -0.3 is 10.0 Å². The quantitative estimate of drug-likeness (QED) is 0.919. The monoisotopic (exact) mass is 277 g/mol. The number of benzene rings is 1. The van der Waals surface area contributed by atoms with Gasteiger partial charge in [0.05, 0.1) is 5.41 Å². The Hall–Kier alpha value is -1.42. The Labute approximate surface area is 118 Å². The highest BCUT2D eigenvalue weighted by molar-refractivity contribution is 5.91. The maximum Gasteiger partial charge on any atom is 0.233 e. The van der Waals surface area contributed by atoms with Crippen LogP contribution < -0.4 is 0 Å². The van der Waals surface area contributed by atoms with E-state index < -0.39 is 5.41 Å². The Morgan fingerprint density at radius 2 is 2.05 bits per heavy atom. The number of amides is 1. The van der Waals surface area contributed by atoms with E-state index in [0.717, 1.165) is 37.8 Å². The molecular formula is C16H20FNO2. The van der Waals surface area contributed by atoms with Crippen molar-refractivity contribution in [2.45, 2.75) is 31.1 Å². The molecule has 0 bridgehead atoms. The SMILES string of the molecule is O=C(N1CCCC(CO)C1)C1(c2ccc(F)cc2)CC1. The molecule has 1 atom stereocenters. The Morgan fingerprint density at radius 1 is 1.35 bits per heavy atom. The molecule has 1 aromatic rings. The van der Waals surface area contributed by atoms with Crippen molar-refractivity contribution in [2.24, 2.45) is 5.92 Å². The molecule has 1 aromatic carbocycles. The van der Waals surface area contributed by atoms with Gasteiger partial charge in [0.1, 0.15) is 5.82 Å². The van der Waals surface area contributed by atoms with Crippen LogP contribution in [0.3, 0.4) is 0 Å². The summed E-state index contributed by atoms with van der Waals surface area (Å²) in [4.78, 5) is 14.7. The normalized spacial score (nSPS) is 24.5. The summed E-state index contributed by atoms with van der Waals surface area (Å²) in [5.74, 6) is 0.0919. The van der Waals surface area contributed by atoms with Gasteiger partial charge in [-0.25, -0.2) is 4.39 Å². The van der Waals surface area contributed by atoms with Crippen LogP contribution in [0.25, 0.3) is 0 Å². The Balaban J connectivity index is 1.77. The first-order valence-electron chi connectivity index (χ1n) is 7.32. The number of rotatable bonds is 3. The highest BCUT2D eigenvalue weighted by Crippen LogP contribution is 2.50. The van der Waals surface area contributed by atoms with Gasteiger partial charge in [-0.15, -0.1) is 0 Å². The molecule has 0 radical (unpaired) electrons. The lowest BCUT2D eigenvalue weighted by molar-refractivity contribution is -0.136. The summed E-state index contributed by atoms with van der Waals surface area (Å²) in [6.07, 6.45) is 3.63. The maximum atomic E-state index is 13.0. The van der Waals surface area contributed by atoms with Crippen LogP contribution in [-0.4, -0.2) is 35.6 Å². The first kappa shape index (κ1) is 13.6. The molecule has 0 aromatic heterocycles. The van der Waals surface area contributed by atoms with Crippen LogP contribution >= 0.6 is 0 Å². The summed E-state index contributed by atoms with van der Waals surface area (Å²) in [6.45, 7) is 1.57. The minimum absolute atomic E-state index is 0.146.